The van der Waals surface area contributed by atoms with Crippen LogP contribution < -0.4 is 5.73 Å². The molecule has 0 heterocycles. The third-order valence-electron chi connectivity index (χ3n) is 3.87. The van der Waals surface area contributed by atoms with Crippen LogP contribution in [-0.4, -0.2) is 6.04 Å². The molecule has 0 aliphatic carbocycles. The Morgan fingerprint density at radius 3 is 2.44 bits per heavy atom. The summed E-state index contributed by atoms with van der Waals surface area (Å²) in [5.74, 6) is 0. The Hall–Kier alpha value is -1.08. The van der Waals surface area contributed by atoms with Crippen molar-refractivity contribution in [2.75, 3.05) is 0 Å². The summed E-state index contributed by atoms with van der Waals surface area (Å²) in [6.07, 6.45) is 7.92. The van der Waals surface area contributed by atoms with Crippen molar-refractivity contribution in [2.24, 2.45) is 5.73 Å². The van der Waals surface area contributed by atoms with E-state index in [2.05, 4.69) is 50.8 Å². The van der Waals surface area contributed by atoms with Gasteiger partial charge in [-0.1, -0.05) is 63.1 Å². The summed E-state index contributed by atoms with van der Waals surface area (Å²) in [5.41, 5.74) is 7.77. The van der Waals surface area contributed by atoms with Gasteiger partial charge in [0, 0.05) is 11.5 Å². The number of unbranched alkanes of at least 4 members (excludes halogenated alkanes) is 3. The summed E-state index contributed by atoms with van der Waals surface area (Å²) in [5, 5.41) is 0. The van der Waals surface area contributed by atoms with E-state index in [0.29, 0.717) is 0 Å². The third-order valence-corrected chi connectivity index (χ3v) is 3.87. The molecule has 1 aromatic rings. The maximum absolute atomic E-state index is 6.38. The second kappa shape index (κ2) is 7.38. The van der Waals surface area contributed by atoms with Crippen LogP contribution in [0.2, 0.25) is 0 Å². The van der Waals surface area contributed by atoms with Crippen molar-refractivity contribution >= 4 is 0 Å². The van der Waals surface area contributed by atoms with Gasteiger partial charge < -0.3 is 5.73 Å². The molecule has 0 fully saturated rings. The summed E-state index contributed by atoms with van der Waals surface area (Å²) in [6.45, 7) is 8.24. The molecule has 1 atom stereocenters. The fraction of sp³-hybridized carbons (Fsp3) is 0.529. The zero-order valence-corrected chi connectivity index (χ0v) is 11.9. The van der Waals surface area contributed by atoms with Gasteiger partial charge in [0.25, 0.3) is 0 Å². The molecule has 0 amide bonds. The predicted octanol–water partition coefficient (Wildman–Crippen LogP) is 4.43. The Morgan fingerprint density at radius 1 is 1.17 bits per heavy atom. The van der Waals surface area contributed by atoms with Crippen molar-refractivity contribution in [3.05, 3.63) is 48.6 Å². The molecular formula is C17H27N. The second-order valence-corrected chi connectivity index (χ2v) is 5.62. The van der Waals surface area contributed by atoms with Gasteiger partial charge in [-0.2, -0.15) is 0 Å². The summed E-state index contributed by atoms with van der Waals surface area (Å²) in [4.78, 5) is 0. The third kappa shape index (κ3) is 4.30. The van der Waals surface area contributed by atoms with Crippen LogP contribution in [0.1, 0.15) is 51.5 Å². The summed E-state index contributed by atoms with van der Waals surface area (Å²) in [7, 11) is 0. The molecule has 1 rings (SSSR count). The molecule has 0 bridgehead atoms. The molecule has 18 heavy (non-hydrogen) atoms. The minimum atomic E-state index is 0.0553. The highest BCUT2D eigenvalue weighted by Gasteiger charge is 2.27. The molecular weight excluding hydrogens is 218 g/mol. The molecule has 1 unspecified atom stereocenters. The van der Waals surface area contributed by atoms with Gasteiger partial charge in [-0.3, -0.25) is 0 Å². The first-order chi connectivity index (χ1) is 8.59. The van der Waals surface area contributed by atoms with Crippen LogP contribution in [0.4, 0.5) is 0 Å². The smallest absolute Gasteiger partial charge is 0.0131 e. The highest BCUT2D eigenvalue weighted by molar-refractivity contribution is 5.25. The van der Waals surface area contributed by atoms with Gasteiger partial charge in [0.05, 0.1) is 0 Å². The Morgan fingerprint density at radius 2 is 1.83 bits per heavy atom. The lowest BCUT2D eigenvalue weighted by Crippen LogP contribution is -2.40. The molecule has 0 spiro atoms. The normalized spacial score (nSPS) is 13.3. The largest absolute Gasteiger partial charge is 0.327 e. The van der Waals surface area contributed by atoms with Crippen LogP contribution in [0, 0.1) is 0 Å². The molecule has 1 heteroatoms. The average molecular weight is 245 g/mol. The lowest BCUT2D eigenvalue weighted by atomic mass is 9.76. The highest BCUT2D eigenvalue weighted by Crippen LogP contribution is 2.28. The Balaban J connectivity index is 2.44. The molecule has 2 N–H and O–H groups in total. The van der Waals surface area contributed by atoms with Crippen molar-refractivity contribution in [1.29, 1.82) is 0 Å². The SMILES string of the molecule is C=CCCCCCC(N)C(C)(C)c1ccccc1. The van der Waals surface area contributed by atoms with Gasteiger partial charge in [-0.15, -0.1) is 6.58 Å². The van der Waals surface area contributed by atoms with E-state index in [1.807, 2.05) is 6.08 Å². The minimum Gasteiger partial charge on any atom is -0.327 e. The number of nitrogens with two attached hydrogens (primary N) is 1. The van der Waals surface area contributed by atoms with Crippen molar-refractivity contribution in [3.63, 3.8) is 0 Å². The topological polar surface area (TPSA) is 26.0 Å². The zero-order chi connectivity index (χ0) is 13.4. The second-order valence-electron chi connectivity index (χ2n) is 5.62. The fourth-order valence-electron chi connectivity index (χ4n) is 2.27. The van der Waals surface area contributed by atoms with Gasteiger partial charge >= 0.3 is 0 Å². The molecule has 1 nitrogen and oxygen atoms in total. The van der Waals surface area contributed by atoms with Crippen LogP contribution in [0.5, 0.6) is 0 Å². The summed E-state index contributed by atoms with van der Waals surface area (Å²) < 4.78 is 0. The maximum atomic E-state index is 6.38. The number of hydrogen-bond acceptors (Lipinski definition) is 1. The van der Waals surface area contributed by atoms with Gasteiger partial charge in [0.1, 0.15) is 0 Å². The number of rotatable bonds is 8. The first kappa shape index (κ1) is 15.0. The molecule has 0 saturated heterocycles. The van der Waals surface area contributed by atoms with Crippen LogP contribution in [-0.2, 0) is 5.41 Å². The van der Waals surface area contributed by atoms with Crippen LogP contribution in [0.3, 0.4) is 0 Å². The van der Waals surface area contributed by atoms with E-state index in [4.69, 9.17) is 5.73 Å². The highest BCUT2D eigenvalue weighted by atomic mass is 14.7. The summed E-state index contributed by atoms with van der Waals surface area (Å²) >= 11 is 0. The molecule has 0 aliphatic rings. The Labute approximate surface area is 112 Å². The molecule has 0 radical (unpaired) electrons. The van der Waals surface area contributed by atoms with E-state index in [9.17, 15) is 0 Å². The monoisotopic (exact) mass is 245 g/mol. The lowest BCUT2D eigenvalue weighted by Gasteiger charge is -2.32. The zero-order valence-electron chi connectivity index (χ0n) is 11.9. The molecule has 1 aromatic carbocycles. The van der Waals surface area contributed by atoms with Crippen LogP contribution in [0.25, 0.3) is 0 Å². The quantitative estimate of drug-likeness (QED) is 0.532. The maximum Gasteiger partial charge on any atom is 0.0131 e. The Bertz CT molecular complexity index is 340. The Kier molecular flexibility index (Phi) is 6.14. The van der Waals surface area contributed by atoms with E-state index in [-0.39, 0.29) is 11.5 Å². The minimum absolute atomic E-state index is 0.0553. The van der Waals surface area contributed by atoms with Crippen molar-refractivity contribution in [3.8, 4) is 0 Å². The van der Waals surface area contributed by atoms with E-state index in [0.717, 1.165) is 12.8 Å². The van der Waals surface area contributed by atoms with E-state index >= 15 is 0 Å². The van der Waals surface area contributed by atoms with Crippen LogP contribution >= 0.6 is 0 Å². The van der Waals surface area contributed by atoms with E-state index < -0.39 is 0 Å². The predicted molar refractivity (Wildman–Crippen MR) is 80.7 cm³/mol. The fourth-order valence-corrected chi connectivity index (χ4v) is 2.27. The van der Waals surface area contributed by atoms with Crippen LogP contribution in [0.15, 0.2) is 43.0 Å². The van der Waals surface area contributed by atoms with Gasteiger partial charge in [0.15, 0.2) is 0 Å². The lowest BCUT2D eigenvalue weighted by molar-refractivity contribution is 0.376. The van der Waals surface area contributed by atoms with Gasteiger partial charge in [0.2, 0.25) is 0 Å². The molecule has 100 valence electrons. The van der Waals surface area contributed by atoms with E-state index in [1.54, 1.807) is 0 Å². The standard InChI is InChI=1S/C17H27N/c1-4-5-6-7-11-14-16(18)17(2,3)15-12-9-8-10-13-15/h4,8-10,12-13,16H,1,5-7,11,14,18H2,2-3H3. The number of allylic oxidation sites excluding steroid dienone is 1. The van der Waals surface area contributed by atoms with Crippen molar-refractivity contribution < 1.29 is 0 Å². The van der Waals surface area contributed by atoms with Crippen molar-refractivity contribution in [1.82, 2.24) is 0 Å². The van der Waals surface area contributed by atoms with Gasteiger partial charge in [-0.25, -0.2) is 0 Å². The number of benzene rings is 1. The number of hydrogen-bond donors (Lipinski definition) is 1. The first-order valence-corrected chi connectivity index (χ1v) is 7.01. The molecule has 0 saturated carbocycles. The molecule has 0 aliphatic heterocycles. The van der Waals surface area contributed by atoms with Gasteiger partial charge in [-0.05, 0) is 24.8 Å². The van der Waals surface area contributed by atoms with Crippen molar-refractivity contribution in [2.45, 2.75) is 57.4 Å². The first-order valence-electron chi connectivity index (χ1n) is 7.01. The van der Waals surface area contributed by atoms with E-state index in [1.165, 1.54) is 24.8 Å². The molecule has 0 aromatic heterocycles. The summed E-state index contributed by atoms with van der Waals surface area (Å²) in [6, 6.07) is 10.8. The average Bonchev–Trinajstić information content (AvgIpc) is 2.39.